The van der Waals surface area contributed by atoms with Crippen molar-refractivity contribution in [3.8, 4) is 28.8 Å². The molecule has 0 atom stereocenters. The van der Waals surface area contributed by atoms with Crippen LogP contribution >= 0.6 is 0 Å². The van der Waals surface area contributed by atoms with E-state index in [1.165, 1.54) is 12.1 Å². The average Bonchev–Trinajstić information content (AvgIpc) is 3.28. The number of ether oxygens (including phenoxy) is 1. The van der Waals surface area contributed by atoms with Crippen LogP contribution in [0.25, 0.3) is 23.0 Å². The Morgan fingerprint density at radius 2 is 1.71 bits per heavy atom. The Hall–Kier alpha value is -4.15. The van der Waals surface area contributed by atoms with E-state index < -0.39 is 9.84 Å². The fraction of sp³-hybridized carbons (Fsp3) is 0.111. The molecule has 6 nitrogen and oxygen atoms in total. The second kappa shape index (κ2) is 9.38. The zero-order valence-electron chi connectivity index (χ0n) is 19.1. The second-order valence-electron chi connectivity index (χ2n) is 7.81. The van der Waals surface area contributed by atoms with Crippen LogP contribution in [-0.2, 0) is 9.84 Å². The molecule has 0 amide bonds. The van der Waals surface area contributed by atoms with Crippen molar-refractivity contribution in [2.75, 3.05) is 7.11 Å². The SMILES string of the molecule is COc1ccc(-c2nn(-c3ccccc3)cc2/C=C(\C#N)S(=O)(=O)c2ccc(C)c(C)c2)cc1. The van der Waals surface area contributed by atoms with E-state index in [1.807, 2.05) is 62.4 Å². The number of hydrogen-bond acceptors (Lipinski definition) is 5. The van der Waals surface area contributed by atoms with Crippen molar-refractivity contribution < 1.29 is 13.2 Å². The van der Waals surface area contributed by atoms with Gasteiger partial charge in [0.1, 0.15) is 22.4 Å². The first kappa shape index (κ1) is 23.0. The lowest BCUT2D eigenvalue weighted by Crippen LogP contribution is -2.04. The molecule has 34 heavy (non-hydrogen) atoms. The minimum Gasteiger partial charge on any atom is -0.497 e. The third-order valence-electron chi connectivity index (χ3n) is 5.60. The lowest BCUT2D eigenvalue weighted by atomic mass is 10.1. The number of hydrogen-bond donors (Lipinski definition) is 0. The Kier molecular flexibility index (Phi) is 6.35. The second-order valence-corrected chi connectivity index (χ2v) is 9.73. The smallest absolute Gasteiger partial charge is 0.216 e. The van der Waals surface area contributed by atoms with Gasteiger partial charge in [0.15, 0.2) is 0 Å². The maximum absolute atomic E-state index is 13.3. The average molecular weight is 470 g/mol. The van der Waals surface area contributed by atoms with Crippen molar-refractivity contribution >= 4 is 15.9 Å². The fourth-order valence-corrected chi connectivity index (χ4v) is 4.73. The Morgan fingerprint density at radius 1 is 1.00 bits per heavy atom. The summed E-state index contributed by atoms with van der Waals surface area (Å²) in [5.41, 5.74) is 4.46. The van der Waals surface area contributed by atoms with Crippen LogP contribution in [0.5, 0.6) is 5.75 Å². The van der Waals surface area contributed by atoms with Crippen LogP contribution in [0, 0.1) is 25.2 Å². The fourth-order valence-electron chi connectivity index (χ4n) is 3.50. The summed E-state index contributed by atoms with van der Waals surface area (Å²) in [6.07, 6.45) is 3.11. The summed E-state index contributed by atoms with van der Waals surface area (Å²) in [4.78, 5) is -0.261. The summed E-state index contributed by atoms with van der Waals surface area (Å²) in [5.74, 6) is 0.693. The zero-order chi connectivity index (χ0) is 24.3. The normalized spacial score (nSPS) is 11.8. The van der Waals surface area contributed by atoms with Crippen molar-refractivity contribution in [3.63, 3.8) is 0 Å². The zero-order valence-corrected chi connectivity index (χ0v) is 19.9. The molecule has 0 aliphatic carbocycles. The third kappa shape index (κ3) is 4.49. The van der Waals surface area contributed by atoms with Crippen LogP contribution in [0.3, 0.4) is 0 Å². The summed E-state index contributed by atoms with van der Waals surface area (Å²) in [6, 6.07) is 23.5. The molecule has 0 aliphatic heterocycles. The minimum absolute atomic E-state index is 0.0878. The number of para-hydroxylation sites is 1. The molecule has 0 saturated heterocycles. The number of sulfone groups is 1. The molecule has 0 fully saturated rings. The van der Waals surface area contributed by atoms with E-state index in [9.17, 15) is 13.7 Å². The van der Waals surface area contributed by atoms with Gasteiger partial charge in [-0.2, -0.15) is 10.4 Å². The highest BCUT2D eigenvalue weighted by molar-refractivity contribution is 7.95. The molecule has 1 aromatic heterocycles. The first-order valence-corrected chi connectivity index (χ1v) is 12.1. The van der Waals surface area contributed by atoms with Gasteiger partial charge in [-0.3, -0.25) is 0 Å². The molecule has 1 heterocycles. The number of methoxy groups -OCH3 is 1. The van der Waals surface area contributed by atoms with E-state index in [2.05, 4.69) is 0 Å². The quantitative estimate of drug-likeness (QED) is 0.348. The molecule has 0 spiro atoms. The molecule has 4 rings (SSSR count). The van der Waals surface area contributed by atoms with Crippen LogP contribution in [0.4, 0.5) is 0 Å². The van der Waals surface area contributed by atoms with E-state index in [0.717, 1.165) is 22.4 Å². The van der Waals surface area contributed by atoms with Crippen molar-refractivity contribution in [2.45, 2.75) is 18.7 Å². The van der Waals surface area contributed by atoms with Gasteiger partial charge < -0.3 is 4.74 Å². The van der Waals surface area contributed by atoms with Crippen LogP contribution in [0.15, 0.2) is 88.8 Å². The van der Waals surface area contributed by atoms with Gasteiger partial charge in [0.05, 0.1) is 17.7 Å². The summed E-state index contributed by atoms with van der Waals surface area (Å²) in [6.45, 7) is 3.75. The molecular formula is C27H23N3O3S. The van der Waals surface area contributed by atoms with Crippen molar-refractivity contribution in [1.29, 1.82) is 5.26 Å². The molecule has 0 bridgehead atoms. The number of rotatable bonds is 6. The first-order chi connectivity index (χ1) is 16.3. The lowest BCUT2D eigenvalue weighted by Gasteiger charge is -2.06. The summed E-state index contributed by atoms with van der Waals surface area (Å²) in [7, 11) is -2.42. The highest BCUT2D eigenvalue weighted by atomic mass is 32.2. The number of nitriles is 1. The summed E-state index contributed by atoms with van der Waals surface area (Å²) < 4.78 is 33.5. The van der Waals surface area contributed by atoms with E-state index in [0.29, 0.717) is 17.0 Å². The Bertz CT molecular complexity index is 1510. The largest absolute Gasteiger partial charge is 0.497 e. The highest BCUT2D eigenvalue weighted by Gasteiger charge is 2.23. The number of nitrogens with zero attached hydrogens (tertiary/aromatic N) is 3. The molecule has 0 radical (unpaired) electrons. The standard InChI is InChI=1S/C27H23N3O3S/c1-19-9-14-25(15-20(19)2)34(31,32)26(17-28)16-22-18-30(23-7-5-4-6-8-23)29-27(22)21-10-12-24(33-3)13-11-21/h4-16,18H,1-3H3/b26-16+. The lowest BCUT2D eigenvalue weighted by molar-refractivity contribution is 0.415. The van der Waals surface area contributed by atoms with Gasteiger partial charge in [0, 0.05) is 17.3 Å². The molecule has 7 heteroatoms. The predicted octanol–water partition coefficient (Wildman–Crippen LogP) is 5.50. The molecule has 0 unspecified atom stereocenters. The number of aryl methyl sites for hydroxylation is 2. The minimum atomic E-state index is -4.01. The first-order valence-electron chi connectivity index (χ1n) is 10.6. The van der Waals surface area contributed by atoms with Crippen molar-refractivity contribution in [3.05, 3.63) is 101 Å². The topological polar surface area (TPSA) is 85.0 Å². The van der Waals surface area contributed by atoms with Gasteiger partial charge in [-0.15, -0.1) is 0 Å². The van der Waals surface area contributed by atoms with Crippen LogP contribution in [0.2, 0.25) is 0 Å². The van der Waals surface area contributed by atoms with Gasteiger partial charge in [0.2, 0.25) is 9.84 Å². The Balaban J connectivity index is 1.87. The molecule has 4 aromatic rings. The molecule has 0 saturated carbocycles. The monoisotopic (exact) mass is 469 g/mol. The summed E-state index contributed by atoms with van der Waals surface area (Å²) >= 11 is 0. The maximum Gasteiger partial charge on any atom is 0.216 e. The van der Waals surface area contributed by atoms with Gasteiger partial charge in [-0.25, -0.2) is 13.1 Å². The maximum atomic E-state index is 13.3. The summed E-state index contributed by atoms with van der Waals surface area (Å²) in [5, 5.41) is 14.5. The van der Waals surface area contributed by atoms with Crippen LogP contribution in [0.1, 0.15) is 16.7 Å². The Morgan fingerprint density at radius 3 is 2.32 bits per heavy atom. The van der Waals surface area contributed by atoms with Gasteiger partial charge >= 0.3 is 0 Å². The molecule has 3 aromatic carbocycles. The predicted molar refractivity (Wildman–Crippen MR) is 132 cm³/mol. The molecule has 170 valence electrons. The Labute approximate surface area is 199 Å². The highest BCUT2D eigenvalue weighted by Crippen LogP contribution is 2.30. The molecular weight excluding hydrogens is 446 g/mol. The van der Waals surface area contributed by atoms with E-state index in [4.69, 9.17) is 9.84 Å². The van der Waals surface area contributed by atoms with Gasteiger partial charge in [-0.1, -0.05) is 24.3 Å². The van der Waals surface area contributed by atoms with E-state index >= 15 is 0 Å². The number of allylic oxidation sites excluding steroid dienone is 1. The van der Waals surface area contributed by atoms with Crippen LogP contribution in [-0.4, -0.2) is 25.3 Å². The third-order valence-corrected chi connectivity index (χ3v) is 7.26. The van der Waals surface area contributed by atoms with Gasteiger partial charge in [-0.05, 0) is 79.6 Å². The molecule has 0 N–H and O–H groups in total. The van der Waals surface area contributed by atoms with Gasteiger partial charge in [0.25, 0.3) is 0 Å². The number of benzene rings is 3. The van der Waals surface area contributed by atoms with Crippen molar-refractivity contribution in [2.24, 2.45) is 0 Å². The molecule has 0 aliphatic rings. The van der Waals surface area contributed by atoms with Crippen LogP contribution < -0.4 is 4.74 Å². The van der Waals surface area contributed by atoms with E-state index in [-0.39, 0.29) is 9.80 Å². The van der Waals surface area contributed by atoms with E-state index in [1.54, 1.807) is 42.3 Å². The van der Waals surface area contributed by atoms with Crippen molar-refractivity contribution in [1.82, 2.24) is 9.78 Å². The number of aromatic nitrogens is 2.